The monoisotopic (exact) mass is 440 g/mol. The molecule has 0 aliphatic carbocycles. The summed E-state index contributed by atoms with van der Waals surface area (Å²) in [5, 5.41) is 0.546. The second-order valence-corrected chi connectivity index (χ2v) is 21.2. The van der Waals surface area contributed by atoms with Crippen LogP contribution < -0.4 is 0 Å². The topological polar surface area (TPSA) is 27.7 Å². The van der Waals surface area contributed by atoms with Crippen molar-refractivity contribution >= 4 is 16.6 Å². The predicted octanol–water partition coefficient (Wildman–Crippen LogP) is 7.82. The minimum Gasteiger partial charge on any atom is -0.490 e. The molecule has 0 spiro atoms. The number of allylic oxidation sites excluding steroid dienone is 1. The summed E-state index contributed by atoms with van der Waals surface area (Å²) in [4.78, 5) is 0. The van der Waals surface area contributed by atoms with E-state index in [9.17, 15) is 0 Å². The van der Waals surface area contributed by atoms with Crippen LogP contribution in [0.15, 0.2) is 23.5 Å². The van der Waals surface area contributed by atoms with Crippen molar-refractivity contribution in [3.63, 3.8) is 0 Å². The van der Waals surface area contributed by atoms with Gasteiger partial charge in [0.2, 0.25) is 0 Å². The van der Waals surface area contributed by atoms with E-state index >= 15 is 0 Å². The quantitative estimate of drug-likeness (QED) is 0.197. The van der Waals surface area contributed by atoms with Crippen LogP contribution in [0.25, 0.3) is 0 Å². The molecule has 0 fully saturated rings. The van der Waals surface area contributed by atoms with Gasteiger partial charge < -0.3 is 13.6 Å². The van der Waals surface area contributed by atoms with Gasteiger partial charge in [-0.05, 0) is 67.7 Å². The van der Waals surface area contributed by atoms with E-state index in [1.165, 1.54) is 5.57 Å². The molecule has 1 aliphatic rings. The van der Waals surface area contributed by atoms with Crippen molar-refractivity contribution in [3.05, 3.63) is 23.5 Å². The smallest absolute Gasteiger partial charge is 0.191 e. The van der Waals surface area contributed by atoms with Crippen molar-refractivity contribution in [2.24, 2.45) is 0 Å². The van der Waals surface area contributed by atoms with Gasteiger partial charge in [0.25, 0.3) is 0 Å². The molecule has 3 nitrogen and oxygen atoms in total. The lowest BCUT2D eigenvalue weighted by Gasteiger charge is -2.36. The van der Waals surface area contributed by atoms with Crippen LogP contribution in [0.4, 0.5) is 0 Å². The first-order chi connectivity index (χ1) is 13.1. The number of hydrogen-bond donors (Lipinski definition) is 0. The van der Waals surface area contributed by atoms with E-state index < -0.39 is 16.6 Å². The minimum absolute atomic E-state index is 0.208. The molecule has 0 amide bonds. The second kappa shape index (κ2) is 10.3. The standard InChI is InChI=1S/C24H48O3Si2/c1-20(14-12-18-25-28(8,9)23(2,3)4)22-17-16-21(27-22)15-13-19-26-29(10,11)24(5,6)7/h14,16,22H,12-13,15,17-19H2,1-11H3/b20-14-. The molecule has 1 rings (SSSR count). The van der Waals surface area contributed by atoms with Crippen molar-refractivity contribution in [1.82, 2.24) is 0 Å². The van der Waals surface area contributed by atoms with E-state index in [-0.39, 0.29) is 16.2 Å². The van der Waals surface area contributed by atoms with Crippen LogP contribution in [0.5, 0.6) is 0 Å². The molecule has 170 valence electrons. The largest absolute Gasteiger partial charge is 0.490 e. The molecule has 1 unspecified atom stereocenters. The molecule has 1 heterocycles. The zero-order valence-electron chi connectivity index (χ0n) is 21.2. The summed E-state index contributed by atoms with van der Waals surface area (Å²) in [5.41, 5.74) is 1.33. The van der Waals surface area contributed by atoms with E-state index in [0.717, 1.165) is 44.7 Å². The van der Waals surface area contributed by atoms with Gasteiger partial charge in [-0.25, -0.2) is 0 Å². The highest BCUT2D eigenvalue weighted by Gasteiger charge is 2.37. The Hall–Kier alpha value is -0.366. The SMILES string of the molecule is C/C(=C/CCO[Si](C)(C)C(C)(C)C)C1CC=C(CCCO[Si](C)(C)C(C)(C)C)O1. The maximum Gasteiger partial charge on any atom is 0.191 e. The van der Waals surface area contributed by atoms with Gasteiger partial charge in [-0.2, -0.15) is 0 Å². The summed E-state index contributed by atoms with van der Waals surface area (Å²) < 4.78 is 18.7. The second-order valence-electron chi connectivity index (χ2n) is 11.6. The normalized spacial score (nSPS) is 19.3. The van der Waals surface area contributed by atoms with Gasteiger partial charge in [-0.15, -0.1) is 0 Å². The first-order valence-corrected chi connectivity index (χ1v) is 17.2. The number of hydrogen-bond acceptors (Lipinski definition) is 3. The van der Waals surface area contributed by atoms with E-state index in [0.29, 0.717) is 0 Å². The van der Waals surface area contributed by atoms with Gasteiger partial charge >= 0.3 is 0 Å². The molecule has 1 aliphatic heterocycles. The Morgan fingerprint density at radius 1 is 1.00 bits per heavy atom. The van der Waals surface area contributed by atoms with Crippen molar-refractivity contribution < 1.29 is 13.6 Å². The van der Waals surface area contributed by atoms with Gasteiger partial charge in [0.05, 0.1) is 5.76 Å². The lowest BCUT2D eigenvalue weighted by Crippen LogP contribution is -2.40. The summed E-state index contributed by atoms with van der Waals surface area (Å²) in [6, 6.07) is 0. The van der Waals surface area contributed by atoms with Gasteiger partial charge in [-0.1, -0.05) is 47.6 Å². The molecule has 0 saturated carbocycles. The van der Waals surface area contributed by atoms with E-state index in [2.05, 4.69) is 86.8 Å². The summed E-state index contributed by atoms with van der Waals surface area (Å²) >= 11 is 0. The summed E-state index contributed by atoms with van der Waals surface area (Å²) in [6.45, 7) is 26.8. The first-order valence-electron chi connectivity index (χ1n) is 11.4. The van der Waals surface area contributed by atoms with E-state index in [1.807, 2.05) is 0 Å². The maximum absolute atomic E-state index is 6.28. The van der Waals surface area contributed by atoms with E-state index in [1.54, 1.807) is 0 Å². The van der Waals surface area contributed by atoms with Crippen molar-refractivity contribution in [3.8, 4) is 0 Å². The van der Waals surface area contributed by atoms with Crippen LogP contribution in [-0.2, 0) is 13.6 Å². The van der Waals surface area contributed by atoms with Gasteiger partial charge in [0, 0.05) is 26.1 Å². The predicted molar refractivity (Wildman–Crippen MR) is 131 cm³/mol. The lowest BCUT2D eigenvalue weighted by atomic mass is 10.1. The first kappa shape index (κ1) is 26.7. The van der Waals surface area contributed by atoms with Gasteiger partial charge in [-0.3, -0.25) is 0 Å². The molecule has 0 N–H and O–H groups in total. The molecule has 5 heteroatoms. The van der Waals surface area contributed by atoms with Crippen molar-refractivity contribution in [2.45, 2.75) is 117 Å². The fourth-order valence-corrected chi connectivity index (χ4v) is 4.84. The molecule has 0 aromatic rings. The third kappa shape index (κ3) is 8.35. The Morgan fingerprint density at radius 2 is 1.52 bits per heavy atom. The molecular weight excluding hydrogens is 392 g/mol. The molecular formula is C24H48O3Si2. The van der Waals surface area contributed by atoms with Crippen molar-refractivity contribution in [1.29, 1.82) is 0 Å². The summed E-state index contributed by atoms with van der Waals surface area (Å²) in [5.74, 6) is 1.14. The summed E-state index contributed by atoms with van der Waals surface area (Å²) in [7, 11) is -3.28. The molecule has 0 aromatic carbocycles. The average molecular weight is 441 g/mol. The zero-order chi connectivity index (χ0) is 22.5. The van der Waals surface area contributed by atoms with Crippen LogP contribution in [0.1, 0.15) is 74.1 Å². The Labute approximate surface area is 183 Å². The Balaban J connectivity index is 2.32. The molecule has 29 heavy (non-hydrogen) atoms. The van der Waals surface area contributed by atoms with Crippen LogP contribution in [-0.4, -0.2) is 36.0 Å². The van der Waals surface area contributed by atoms with Crippen LogP contribution in [0.3, 0.4) is 0 Å². The van der Waals surface area contributed by atoms with Gasteiger partial charge in [0.15, 0.2) is 16.6 Å². The average Bonchev–Trinajstić information content (AvgIpc) is 3.02. The van der Waals surface area contributed by atoms with Crippen molar-refractivity contribution in [2.75, 3.05) is 13.2 Å². The maximum atomic E-state index is 6.28. The fourth-order valence-electron chi connectivity index (χ4n) is 2.70. The van der Waals surface area contributed by atoms with Gasteiger partial charge in [0.1, 0.15) is 6.10 Å². The Bertz CT molecular complexity index is 578. The molecule has 0 aromatic heterocycles. The number of ether oxygens (including phenoxy) is 1. The molecule has 0 radical (unpaired) electrons. The minimum atomic E-state index is -1.64. The van der Waals surface area contributed by atoms with E-state index in [4.69, 9.17) is 13.6 Å². The van der Waals surface area contributed by atoms with Crippen LogP contribution in [0, 0.1) is 0 Å². The lowest BCUT2D eigenvalue weighted by molar-refractivity contribution is 0.160. The summed E-state index contributed by atoms with van der Waals surface area (Å²) in [6.07, 6.45) is 8.74. The molecule has 1 atom stereocenters. The Morgan fingerprint density at radius 3 is 2.03 bits per heavy atom. The Kier molecular flexibility index (Phi) is 9.47. The third-order valence-electron chi connectivity index (χ3n) is 7.05. The zero-order valence-corrected chi connectivity index (χ0v) is 23.2. The fraction of sp³-hybridized carbons (Fsp3) is 0.833. The van der Waals surface area contributed by atoms with Crippen LogP contribution >= 0.6 is 0 Å². The van der Waals surface area contributed by atoms with Crippen LogP contribution in [0.2, 0.25) is 36.3 Å². The molecule has 0 saturated heterocycles. The number of rotatable bonds is 10. The third-order valence-corrected chi connectivity index (χ3v) is 16.1. The highest BCUT2D eigenvalue weighted by Crippen LogP contribution is 2.37. The highest BCUT2D eigenvalue weighted by molar-refractivity contribution is 6.74. The highest BCUT2D eigenvalue weighted by atomic mass is 28.4. The molecule has 0 bridgehead atoms.